The number of hydrogen-bond donors (Lipinski definition) is 2. The average Bonchev–Trinajstić information content (AvgIpc) is 2.03. The first-order valence-corrected chi connectivity index (χ1v) is 4.88. The maximum absolute atomic E-state index is 10.5. The quantitative estimate of drug-likeness (QED) is 0.449. The third-order valence-corrected chi connectivity index (χ3v) is 2.25. The highest BCUT2D eigenvalue weighted by Gasteiger charge is 2.14. The molecule has 1 amide bonds. The number of rotatable bonds is 7. The third kappa shape index (κ3) is 5.01. The second-order valence-electron chi connectivity index (χ2n) is 2.16. The smallest absolute Gasteiger partial charge is 0.326 e. The summed E-state index contributed by atoms with van der Waals surface area (Å²) in [6.45, 7) is 2.01. The number of carbonyl (C=O) groups excluding carboxylic acids is 1. The monoisotopic (exact) mass is 191 g/mol. The summed E-state index contributed by atoms with van der Waals surface area (Å²) >= 11 is 1.66. The number of aliphatic carboxylic acids is 1. The molecule has 0 aromatic rings. The van der Waals surface area contributed by atoms with Gasteiger partial charge in [-0.25, -0.2) is 4.79 Å². The molecule has 0 aliphatic carbocycles. The first-order valence-electron chi connectivity index (χ1n) is 3.72. The molecule has 0 aliphatic heterocycles. The van der Waals surface area contributed by atoms with E-state index in [1.807, 2.05) is 6.92 Å². The van der Waals surface area contributed by atoms with Crippen LogP contribution in [0.4, 0.5) is 0 Å². The molecule has 12 heavy (non-hydrogen) atoms. The van der Waals surface area contributed by atoms with Crippen LogP contribution in [-0.2, 0) is 9.59 Å². The van der Waals surface area contributed by atoms with E-state index in [2.05, 4.69) is 5.32 Å². The summed E-state index contributed by atoms with van der Waals surface area (Å²) in [5.41, 5.74) is 0. The van der Waals surface area contributed by atoms with Gasteiger partial charge in [0.25, 0.3) is 0 Å². The molecule has 0 rings (SSSR count). The summed E-state index contributed by atoms with van der Waals surface area (Å²) < 4.78 is 0. The van der Waals surface area contributed by atoms with Crippen LogP contribution < -0.4 is 5.32 Å². The zero-order valence-electron chi connectivity index (χ0n) is 6.95. The van der Waals surface area contributed by atoms with Gasteiger partial charge in [-0.1, -0.05) is 6.92 Å². The van der Waals surface area contributed by atoms with Gasteiger partial charge in [0.2, 0.25) is 6.41 Å². The minimum atomic E-state index is -0.973. The molecule has 0 radical (unpaired) electrons. The highest BCUT2D eigenvalue weighted by molar-refractivity contribution is 7.99. The number of amides is 1. The second kappa shape index (κ2) is 6.97. The molecule has 0 saturated carbocycles. The molecule has 0 aliphatic rings. The van der Waals surface area contributed by atoms with Crippen molar-refractivity contribution in [1.82, 2.24) is 5.32 Å². The molecule has 2 N–H and O–H groups in total. The Kier molecular flexibility index (Phi) is 6.55. The van der Waals surface area contributed by atoms with Gasteiger partial charge in [-0.05, 0) is 17.9 Å². The molecule has 0 aromatic carbocycles. The number of hydrogen-bond acceptors (Lipinski definition) is 3. The van der Waals surface area contributed by atoms with Gasteiger partial charge in [0.15, 0.2) is 0 Å². The maximum atomic E-state index is 10.5. The van der Waals surface area contributed by atoms with Gasteiger partial charge in [0, 0.05) is 0 Å². The Hall–Kier alpha value is -0.710. The Morgan fingerprint density at radius 2 is 2.42 bits per heavy atom. The van der Waals surface area contributed by atoms with Crippen molar-refractivity contribution in [2.75, 3.05) is 11.5 Å². The van der Waals surface area contributed by atoms with Crippen LogP contribution in [0.15, 0.2) is 0 Å². The molecule has 0 saturated heterocycles. The van der Waals surface area contributed by atoms with Gasteiger partial charge in [0.05, 0.1) is 0 Å². The Labute approximate surface area is 75.7 Å². The first-order chi connectivity index (χ1) is 5.72. The Balaban J connectivity index is 3.63. The molecule has 0 bridgehead atoms. The molecule has 0 unspecified atom stereocenters. The molecule has 4 nitrogen and oxygen atoms in total. The SMILES string of the molecule is CCSCC[C@@H](NC=O)C(=O)O. The summed E-state index contributed by atoms with van der Waals surface area (Å²) in [7, 11) is 0. The summed E-state index contributed by atoms with van der Waals surface area (Å²) in [5.74, 6) is 0.751. The highest BCUT2D eigenvalue weighted by Crippen LogP contribution is 2.03. The van der Waals surface area contributed by atoms with Crippen molar-refractivity contribution < 1.29 is 14.7 Å². The van der Waals surface area contributed by atoms with Crippen LogP contribution in [0, 0.1) is 0 Å². The largest absolute Gasteiger partial charge is 0.480 e. The molecule has 1 atom stereocenters. The number of carboxylic acids is 1. The fourth-order valence-electron chi connectivity index (χ4n) is 0.706. The van der Waals surface area contributed by atoms with Crippen molar-refractivity contribution in [2.45, 2.75) is 19.4 Å². The lowest BCUT2D eigenvalue weighted by Crippen LogP contribution is -2.36. The van der Waals surface area contributed by atoms with Crippen molar-refractivity contribution in [3.8, 4) is 0 Å². The van der Waals surface area contributed by atoms with Crippen molar-refractivity contribution in [1.29, 1.82) is 0 Å². The molecular formula is C7H13NO3S. The normalized spacial score (nSPS) is 12.1. The van der Waals surface area contributed by atoms with Gasteiger partial charge in [-0.15, -0.1) is 0 Å². The molecule has 0 fully saturated rings. The molecule has 0 aromatic heterocycles. The van der Waals surface area contributed by atoms with Crippen LogP contribution in [0.5, 0.6) is 0 Å². The van der Waals surface area contributed by atoms with Gasteiger partial charge in [0.1, 0.15) is 6.04 Å². The third-order valence-electron chi connectivity index (χ3n) is 1.32. The van der Waals surface area contributed by atoms with Crippen molar-refractivity contribution >= 4 is 24.1 Å². The van der Waals surface area contributed by atoms with Crippen LogP contribution in [0.1, 0.15) is 13.3 Å². The lowest BCUT2D eigenvalue weighted by atomic mass is 10.2. The summed E-state index contributed by atoms with van der Waals surface area (Å²) in [6.07, 6.45) is 0.905. The standard InChI is InChI=1S/C7H13NO3S/c1-2-12-4-3-6(7(10)11)8-5-9/h5-6H,2-4H2,1H3,(H,8,9)(H,10,11)/t6-/m1/s1. The minimum Gasteiger partial charge on any atom is -0.480 e. The fraction of sp³-hybridized carbons (Fsp3) is 0.714. The van der Waals surface area contributed by atoms with Gasteiger partial charge < -0.3 is 10.4 Å². The highest BCUT2D eigenvalue weighted by atomic mass is 32.2. The molecule has 0 spiro atoms. The van der Waals surface area contributed by atoms with Crippen LogP contribution in [0.25, 0.3) is 0 Å². The number of carbonyl (C=O) groups is 2. The van der Waals surface area contributed by atoms with E-state index in [1.165, 1.54) is 0 Å². The van der Waals surface area contributed by atoms with Crippen LogP contribution in [0.2, 0.25) is 0 Å². The molecule has 70 valence electrons. The van der Waals surface area contributed by atoms with Crippen molar-refractivity contribution in [3.05, 3.63) is 0 Å². The predicted octanol–water partition coefficient (Wildman–Crippen LogP) is 0.329. The van der Waals surface area contributed by atoms with Crippen LogP contribution in [0.3, 0.4) is 0 Å². The second-order valence-corrected chi connectivity index (χ2v) is 3.55. The van der Waals surface area contributed by atoms with Crippen LogP contribution >= 0.6 is 11.8 Å². The van der Waals surface area contributed by atoms with Gasteiger partial charge in [-0.2, -0.15) is 11.8 Å². The fourth-order valence-corrected chi connectivity index (χ4v) is 1.40. The summed E-state index contributed by atoms with van der Waals surface area (Å²) in [4.78, 5) is 20.4. The van der Waals surface area contributed by atoms with E-state index in [4.69, 9.17) is 5.11 Å². The summed E-state index contributed by atoms with van der Waals surface area (Å²) in [5, 5.41) is 10.8. The Morgan fingerprint density at radius 1 is 1.75 bits per heavy atom. The van der Waals surface area contributed by atoms with Gasteiger partial charge in [-0.3, -0.25) is 4.79 Å². The zero-order valence-corrected chi connectivity index (χ0v) is 7.76. The van der Waals surface area contributed by atoms with E-state index in [-0.39, 0.29) is 0 Å². The maximum Gasteiger partial charge on any atom is 0.326 e. The first kappa shape index (κ1) is 11.3. The topological polar surface area (TPSA) is 66.4 Å². The van der Waals surface area contributed by atoms with E-state index in [1.54, 1.807) is 11.8 Å². The van der Waals surface area contributed by atoms with E-state index in [9.17, 15) is 9.59 Å². The minimum absolute atomic E-state index is 0.426. The lowest BCUT2D eigenvalue weighted by molar-refractivity contribution is -0.140. The Morgan fingerprint density at radius 3 is 2.83 bits per heavy atom. The van der Waals surface area contributed by atoms with E-state index in [0.29, 0.717) is 12.8 Å². The van der Waals surface area contributed by atoms with Crippen LogP contribution in [-0.4, -0.2) is 35.0 Å². The van der Waals surface area contributed by atoms with E-state index in [0.717, 1.165) is 11.5 Å². The summed E-state index contributed by atoms with van der Waals surface area (Å²) in [6, 6.07) is -0.735. The Bertz CT molecular complexity index is 152. The molecular weight excluding hydrogens is 178 g/mol. The zero-order chi connectivity index (χ0) is 9.40. The van der Waals surface area contributed by atoms with E-state index < -0.39 is 12.0 Å². The molecule has 5 heteroatoms. The van der Waals surface area contributed by atoms with Crippen molar-refractivity contribution in [3.63, 3.8) is 0 Å². The predicted molar refractivity (Wildman–Crippen MR) is 48.2 cm³/mol. The van der Waals surface area contributed by atoms with Crippen molar-refractivity contribution in [2.24, 2.45) is 0 Å². The number of nitrogens with one attached hydrogen (secondary N) is 1. The molecule has 0 heterocycles. The average molecular weight is 191 g/mol. The van der Waals surface area contributed by atoms with E-state index >= 15 is 0 Å². The van der Waals surface area contributed by atoms with Gasteiger partial charge >= 0.3 is 5.97 Å². The number of thioether (sulfide) groups is 1. The number of carboxylic acid groups (broad SMARTS) is 1. The lowest BCUT2D eigenvalue weighted by Gasteiger charge is -2.09.